The zero-order valence-electron chi connectivity index (χ0n) is 18.7. The van der Waals surface area contributed by atoms with Crippen LogP contribution in [-0.2, 0) is 24.1 Å². The molecule has 168 valence electrons. The second-order valence-electron chi connectivity index (χ2n) is 8.43. The Hall–Kier alpha value is -2.91. The van der Waals surface area contributed by atoms with Crippen molar-refractivity contribution in [2.75, 3.05) is 38.2 Å². The molecular formula is C23H29N7O2. The summed E-state index contributed by atoms with van der Waals surface area (Å²) < 4.78 is 10.7. The molecule has 1 saturated heterocycles. The first-order chi connectivity index (χ1) is 15.7. The Morgan fingerprint density at radius 1 is 1.03 bits per heavy atom. The molecule has 1 atom stereocenters. The van der Waals surface area contributed by atoms with Gasteiger partial charge < -0.3 is 14.2 Å². The summed E-state index contributed by atoms with van der Waals surface area (Å²) in [6, 6.07) is 3.96. The average Bonchev–Trinajstić information content (AvgIpc) is 3.44. The lowest BCUT2D eigenvalue weighted by molar-refractivity contribution is 0.109. The molecule has 9 nitrogen and oxygen atoms in total. The minimum absolute atomic E-state index is 0.165. The van der Waals surface area contributed by atoms with Crippen molar-refractivity contribution in [1.82, 2.24) is 30.0 Å². The van der Waals surface area contributed by atoms with Crippen molar-refractivity contribution in [3.8, 4) is 11.4 Å². The van der Waals surface area contributed by atoms with Crippen LogP contribution in [-0.4, -0.2) is 63.3 Å². The molecule has 9 heteroatoms. The molecule has 0 saturated carbocycles. The first-order valence-electron chi connectivity index (χ1n) is 11.3. The van der Waals surface area contributed by atoms with Crippen molar-refractivity contribution < 1.29 is 9.26 Å². The molecule has 4 heterocycles. The van der Waals surface area contributed by atoms with E-state index < -0.39 is 0 Å². The molecule has 3 aromatic heterocycles. The molecule has 0 amide bonds. The van der Waals surface area contributed by atoms with Gasteiger partial charge in [0.25, 0.3) is 0 Å². The summed E-state index contributed by atoms with van der Waals surface area (Å²) in [5, 5.41) is 4.05. The van der Waals surface area contributed by atoms with Gasteiger partial charge in [-0.3, -0.25) is 9.88 Å². The van der Waals surface area contributed by atoms with Crippen LogP contribution < -0.4 is 4.90 Å². The van der Waals surface area contributed by atoms with Crippen molar-refractivity contribution in [2.24, 2.45) is 0 Å². The van der Waals surface area contributed by atoms with Gasteiger partial charge in [-0.2, -0.15) is 4.98 Å². The van der Waals surface area contributed by atoms with Gasteiger partial charge in [-0.05, 0) is 44.7 Å². The molecule has 32 heavy (non-hydrogen) atoms. The summed E-state index contributed by atoms with van der Waals surface area (Å²) >= 11 is 0. The van der Waals surface area contributed by atoms with E-state index in [4.69, 9.17) is 19.2 Å². The molecule has 1 fully saturated rings. The number of hydrogen-bond donors (Lipinski definition) is 0. The summed E-state index contributed by atoms with van der Waals surface area (Å²) in [5.41, 5.74) is 3.55. The summed E-state index contributed by atoms with van der Waals surface area (Å²) in [7, 11) is 1.65. The Morgan fingerprint density at radius 3 is 2.75 bits per heavy atom. The van der Waals surface area contributed by atoms with E-state index in [1.54, 1.807) is 19.5 Å². The van der Waals surface area contributed by atoms with Gasteiger partial charge >= 0.3 is 0 Å². The van der Waals surface area contributed by atoms with E-state index in [1.165, 1.54) is 11.3 Å². The van der Waals surface area contributed by atoms with Gasteiger partial charge in [0, 0.05) is 62.5 Å². The molecule has 0 bridgehead atoms. The van der Waals surface area contributed by atoms with Gasteiger partial charge in [0.2, 0.25) is 5.89 Å². The van der Waals surface area contributed by atoms with Crippen molar-refractivity contribution in [3.63, 3.8) is 0 Å². The lowest BCUT2D eigenvalue weighted by Gasteiger charge is -2.25. The van der Waals surface area contributed by atoms with Gasteiger partial charge in [-0.15, -0.1) is 0 Å². The quantitative estimate of drug-likeness (QED) is 0.579. The van der Waals surface area contributed by atoms with E-state index in [0.717, 1.165) is 69.1 Å². The number of anilines is 1. The number of ether oxygens (including phenoxy) is 1. The molecule has 0 aromatic carbocycles. The molecule has 1 aliphatic heterocycles. The molecule has 1 aliphatic carbocycles. The van der Waals surface area contributed by atoms with E-state index in [0.29, 0.717) is 18.3 Å². The van der Waals surface area contributed by atoms with Gasteiger partial charge in [0.1, 0.15) is 11.9 Å². The zero-order valence-corrected chi connectivity index (χ0v) is 18.7. The number of nitrogens with zero attached hydrogens (tertiary/aromatic N) is 7. The molecule has 0 radical (unpaired) electrons. The third-order valence-corrected chi connectivity index (χ3v) is 6.30. The highest BCUT2D eigenvalue weighted by Crippen LogP contribution is 2.32. The summed E-state index contributed by atoms with van der Waals surface area (Å²) in [6.45, 7) is 6.36. The third-order valence-electron chi connectivity index (χ3n) is 6.30. The highest BCUT2D eigenvalue weighted by molar-refractivity contribution is 5.61. The summed E-state index contributed by atoms with van der Waals surface area (Å²) in [6.07, 6.45) is 7.72. The number of hydrogen-bond acceptors (Lipinski definition) is 9. The molecule has 5 rings (SSSR count). The van der Waals surface area contributed by atoms with Crippen LogP contribution in [0.25, 0.3) is 11.4 Å². The van der Waals surface area contributed by atoms with Crippen LogP contribution in [0.4, 0.5) is 5.82 Å². The highest BCUT2D eigenvalue weighted by Gasteiger charge is 2.26. The lowest BCUT2D eigenvalue weighted by Crippen LogP contribution is -2.32. The summed E-state index contributed by atoms with van der Waals surface area (Å²) in [5.74, 6) is 3.14. The zero-order chi connectivity index (χ0) is 21.9. The number of aromatic nitrogens is 5. The van der Waals surface area contributed by atoms with Gasteiger partial charge in [-0.25, -0.2) is 9.97 Å². The average molecular weight is 436 g/mol. The number of rotatable bonds is 6. The highest BCUT2D eigenvalue weighted by atomic mass is 16.5. The van der Waals surface area contributed by atoms with E-state index in [9.17, 15) is 0 Å². The SMILES string of the molecule is COC(C)c1noc(CN2CCCN(c3nc(-c4ccncc4)nc4c3CCC4)CC2)n1. The maximum absolute atomic E-state index is 5.45. The van der Waals surface area contributed by atoms with Crippen molar-refractivity contribution in [1.29, 1.82) is 0 Å². The molecule has 3 aromatic rings. The fraction of sp³-hybridized carbons (Fsp3) is 0.522. The predicted molar refractivity (Wildman–Crippen MR) is 119 cm³/mol. The Labute approximate surface area is 187 Å². The van der Waals surface area contributed by atoms with Crippen LogP contribution in [0.15, 0.2) is 29.0 Å². The van der Waals surface area contributed by atoms with E-state index >= 15 is 0 Å². The van der Waals surface area contributed by atoms with Crippen molar-refractivity contribution in [3.05, 3.63) is 47.5 Å². The molecule has 0 N–H and O–H groups in total. The van der Waals surface area contributed by atoms with Crippen LogP contribution in [0.5, 0.6) is 0 Å². The molecular weight excluding hydrogens is 406 g/mol. The van der Waals surface area contributed by atoms with Crippen LogP contribution in [0.3, 0.4) is 0 Å². The van der Waals surface area contributed by atoms with Crippen molar-refractivity contribution >= 4 is 5.82 Å². The number of fused-ring (bicyclic) bond motifs is 1. The Balaban J connectivity index is 1.32. The first-order valence-corrected chi connectivity index (χ1v) is 11.3. The normalized spacial score (nSPS) is 17.9. The van der Waals surface area contributed by atoms with E-state index in [2.05, 4.69) is 24.9 Å². The van der Waals surface area contributed by atoms with Gasteiger partial charge in [0.15, 0.2) is 11.6 Å². The number of pyridine rings is 1. The van der Waals surface area contributed by atoms with Crippen LogP contribution in [0, 0.1) is 0 Å². The van der Waals surface area contributed by atoms with Crippen LogP contribution in [0.2, 0.25) is 0 Å². The number of aryl methyl sites for hydroxylation is 1. The maximum Gasteiger partial charge on any atom is 0.240 e. The topological polar surface area (TPSA) is 93.3 Å². The maximum atomic E-state index is 5.45. The lowest BCUT2D eigenvalue weighted by atomic mass is 10.2. The molecule has 2 aliphatic rings. The minimum Gasteiger partial charge on any atom is -0.374 e. The number of methoxy groups -OCH3 is 1. The second kappa shape index (κ2) is 9.30. The van der Waals surface area contributed by atoms with E-state index in [1.807, 2.05) is 19.1 Å². The van der Waals surface area contributed by atoms with Crippen LogP contribution in [0.1, 0.15) is 48.8 Å². The van der Waals surface area contributed by atoms with Crippen molar-refractivity contribution in [2.45, 2.75) is 45.3 Å². The summed E-state index contributed by atoms with van der Waals surface area (Å²) in [4.78, 5) is 23.3. The van der Waals surface area contributed by atoms with Gasteiger partial charge in [-0.1, -0.05) is 5.16 Å². The monoisotopic (exact) mass is 435 g/mol. The largest absolute Gasteiger partial charge is 0.374 e. The Bertz CT molecular complexity index is 1060. The molecule has 0 spiro atoms. The Kier molecular flexibility index (Phi) is 6.09. The van der Waals surface area contributed by atoms with Gasteiger partial charge in [0.05, 0.1) is 6.54 Å². The molecule has 1 unspecified atom stereocenters. The third kappa shape index (κ3) is 4.35. The Morgan fingerprint density at radius 2 is 1.91 bits per heavy atom. The fourth-order valence-electron chi connectivity index (χ4n) is 4.44. The smallest absolute Gasteiger partial charge is 0.240 e. The predicted octanol–water partition coefficient (Wildman–Crippen LogP) is 2.83. The second-order valence-corrected chi connectivity index (χ2v) is 8.43. The standard InChI is InChI=1S/C23H29N7O2/c1-16(31-2)21-26-20(32-28-21)15-29-11-4-12-30(14-13-29)23-18-5-3-6-19(18)25-22(27-23)17-7-9-24-10-8-17/h7-10,16H,3-6,11-15H2,1-2H3. The first kappa shape index (κ1) is 21.0. The fourth-order valence-corrected chi connectivity index (χ4v) is 4.44. The van der Waals surface area contributed by atoms with E-state index in [-0.39, 0.29) is 6.10 Å². The van der Waals surface area contributed by atoms with Crippen LogP contribution >= 0.6 is 0 Å². The minimum atomic E-state index is -0.165.